The highest BCUT2D eigenvalue weighted by Crippen LogP contribution is 2.28. The molecule has 0 unspecified atom stereocenters. The highest BCUT2D eigenvalue weighted by atomic mass is 16.5. The van der Waals surface area contributed by atoms with E-state index in [1.54, 1.807) is 0 Å². The molecule has 1 aromatic rings. The summed E-state index contributed by atoms with van der Waals surface area (Å²) in [6, 6.07) is 6.48. The van der Waals surface area contributed by atoms with Crippen LogP contribution in [0.25, 0.3) is 5.76 Å². The van der Waals surface area contributed by atoms with Crippen LogP contribution in [0.4, 0.5) is 0 Å². The van der Waals surface area contributed by atoms with E-state index in [9.17, 15) is 0 Å². The molecule has 0 fully saturated rings. The van der Waals surface area contributed by atoms with Crippen molar-refractivity contribution in [2.24, 2.45) is 0 Å². The van der Waals surface area contributed by atoms with Gasteiger partial charge in [0.05, 0.1) is 6.61 Å². The molecule has 80 valence electrons. The van der Waals surface area contributed by atoms with Crippen molar-refractivity contribution in [1.82, 2.24) is 0 Å². The smallest absolute Gasteiger partial charge is 0.119 e. The van der Waals surface area contributed by atoms with Gasteiger partial charge in [0, 0.05) is 5.56 Å². The maximum absolute atomic E-state index is 5.50. The zero-order chi connectivity index (χ0) is 10.7. The van der Waals surface area contributed by atoms with E-state index in [0.29, 0.717) is 6.61 Å². The number of aryl methyl sites for hydroxylation is 1. The van der Waals surface area contributed by atoms with Gasteiger partial charge in [-0.05, 0) is 43.7 Å². The van der Waals surface area contributed by atoms with Crippen LogP contribution in [-0.4, -0.2) is 6.61 Å². The van der Waals surface area contributed by atoms with Crippen LogP contribution in [0, 0.1) is 0 Å². The van der Waals surface area contributed by atoms with Gasteiger partial charge < -0.3 is 4.74 Å². The van der Waals surface area contributed by atoms with Crippen LogP contribution < -0.4 is 0 Å². The first-order chi connectivity index (χ1) is 7.33. The van der Waals surface area contributed by atoms with Crippen LogP contribution in [0.5, 0.6) is 0 Å². The lowest BCUT2D eigenvalue weighted by molar-refractivity contribution is 0.298. The van der Waals surface area contributed by atoms with Crippen LogP contribution >= 0.6 is 0 Å². The van der Waals surface area contributed by atoms with Gasteiger partial charge in [-0.25, -0.2) is 0 Å². The quantitative estimate of drug-likeness (QED) is 0.681. The average molecular weight is 202 g/mol. The van der Waals surface area contributed by atoms with Gasteiger partial charge in [0.25, 0.3) is 0 Å². The summed E-state index contributed by atoms with van der Waals surface area (Å²) in [5.74, 6) is 0.830. The summed E-state index contributed by atoms with van der Waals surface area (Å²) in [7, 11) is 0. The maximum Gasteiger partial charge on any atom is 0.119 e. The Hall–Kier alpha value is -1.24. The summed E-state index contributed by atoms with van der Waals surface area (Å²) in [6.07, 6.45) is 5.00. The lowest BCUT2D eigenvalue weighted by atomic mass is 9.88. The molecule has 1 heteroatoms. The van der Waals surface area contributed by atoms with Crippen molar-refractivity contribution in [3.63, 3.8) is 0 Å². The Morgan fingerprint density at radius 1 is 1.33 bits per heavy atom. The molecule has 1 aliphatic rings. The predicted octanol–water partition coefficient (Wildman–Crippen LogP) is 3.57. The van der Waals surface area contributed by atoms with E-state index in [0.717, 1.165) is 5.76 Å². The fourth-order valence-electron chi connectivity index (χ4n) is 2.29. The summed E-state index contributed by atoms with van der Waals surface area (Å²) in [6.45, 7) is 6.70. The normalized spacial score (nSPS) is 14.5. The van der Waals surface area contributed by atoms with Gasteiger partial charge in [-0.1, -0.05) is 24.8 Å². The summed E-state index contributed by atoms with van der Waals surface area (Å²) >= 11 is 0. The molecule has 0 bridgehead atoms. The van der Waals surface area contributed by atoms with Crippen molar-refractivity contribution in [2.75, 3.05) is 6.61 Å². The minimum Gasteiger partial charge on any atom is -0.494 e. The molecule has 15 heavy (non-hydrogen) atoms. The molecule has 0 N–H and O–H groups in total. The third-order valence-corrected chi connectivity index (χ3v) is 3.01. The van der Waals surface area contributed by atoms with Crippen LogP contribution in [0.2, 0.25) is 0 Å². The van der Waals surface area contributed by atoms with Gasteiger partial charge in [-0.15, -0.1) is 0 Å². The molecule has 0 amide bonds. The monoisotopic (exact) mass is 202 g/mol. The lowest BCUT2D eigenvalue weighted by Gasteiger charge is -2.20. The van der Waals surface area contributed by atoms with E-state index < -0.39 is 0 Å². The van der Waals surface area contributed by atoms with E-state index in [1.165, 1.54) is 42.4 Å². The molecular formula is C14H18O. The molecule has 0 radical (unpaired) electrons. The minimum absolute atomic E-state index is 0.697. The summed E-state index contributed by atoms with van der Waals surface area (Å²) in [5, 5.41) is 0. The summed E-state index contributed by atoms with van der Waals surface area (Å²) in [5.41, 5.74) is 4.16. The highest BCUT2D eigenvalue weighted by Gasteiger charge is 2.14. The van der Waals surface area contributed by atoms with Crippen molar-refractivity contribution in [2.45, 2.75) is 32.6 Å². The number of hydrogen-bond donors (Lipinski definition) is 0. The third-order valence-electron chi connectivity index (χ3n) is 3.01. The van der Waals surface area contributed by atoms with Gasteiger partial charge in [-0.2, -0.15) is 0 Å². The largest absolute Gasteiger partial charge is 0.494 e. The standard InChI is InChI=1S/C14H18O/c1-3-15-11(2)13-10-6-8-12-7-4-5-9-14(12)13/h6,8,10H,2-5,7,9H2,1H3. The minimum atomic E-state index is 0.697. The van der Waals surface area contributed by atoms with Crippen LogP contribution in [0.3, 0.4) is 0 Å². The molecule has 0 spiro atoms. The van der Waals surface area contributed by atoms with Gasteiger partial charge in [-0.3, -0.25) is 0 Å². The Labute approximate surface area is 91.8 Å². The SMILES string of the molecule is C=C(OCC)c1cccc2c1CCCC2. The average Bonchev–Trinajstić information content (AvgIpc) is 2.28. The molecular weight excluding hydrogens is 184 g/mol. The second-order valence-electron chi connectivity index (χ2n) is 4.01. The number of fused-ring (bicyclic) bond motifs is 1. The Bertz CT molecular complexity index is 366. The highest BCUT2D eigenvalue weighted by molar-refractivity contribution is 5.63. The summed E-state index contributed by atoms with van der Waals surface area (Å²) in [4.78, 5) is 0. The molecule has 0 aromatic heterocycles. The Balaban J connectivity index is 2.34. The third kappa shape index (κ3) is 2.06. The Morgan fingerprint density at radius 3 is 2.93 bits per heavy atom. The van der Waals surface area contributed by atoms with Crippen LogP contribution in [-0.2, 0) is 17.6 Å². The topological polar surface area (TPSA) is 9.23 Å². The van der Waals surface area contributed by atoms with E-state index in [1.807, 2.05) is 6.92 Å². The van der Waals surface area contributed by atoms with Crippen molar-refractivity contribution in [3.8, 4) is 0 Å². The molecule has 1 aromatic carbocycles. The lowest BCUT2D eigenvalue weighted by Crippen LogP contribution is -2.06. The number of benzene rings is 1. The molecule has 2 rings (SSSR count). The molecule has 0 saturated heterocycles. The van der Waals surface area contributed by atoms with Crippen molar-refractivity contribution < 1.29 is 4.74 Å². The van der Waals surface area contributed by atoms with Gasteiger partial charge in [0.2, 0.25) is 0 Å². The molecule has 0 saturated carbocycles. The second-order valence-corrected chi connectivity index (χ2v) is 4.01. The first-order valence-corrected chi connectivity index (χ1v) is 5.75. The molecule has 1 aliphatic carbocycles. The second kappa shape index (κ2) is 4.52. The van der Waals surface area contributed by atoms with Crippen molar-refractivity contribution in [1.29, 1.82) is 0 Å². The van der Waals surface area contributed by atoms with Gasteiger partial charge in [0.15, 0.2) is 0 Å². The molecule has 0 aliphatic heterocycles. The molecule has 0 atom stereocenters. The van der Waals surface area contributed by atoms with Crippen LogP contribution in [0.15, 0.2) is 24.8 Å². The van der Waals surface area contributed by atoms with Gasteiger partial charge in [0.1, 0.15) is 5.76 Å². The first kappa shape index (κ1) is 10.3. The zero-order valence-corrected chi connectivity index (χ0v) is 9.38. The number of ether oxygens (including phenoxy) is 1. The fourth-order valence-corrected chi connectivity index (χ4v) is 2.29. The van der Waals surface area contributed by atoms with E-state index >= 15 is 0 Å². The van der Waals surface area contributed by atoms with Crippen LogP contribution in [0.1, 0.15) is 36.5 Å². The fraction of sp³-hybridized carbons (Fsp3) is 0.429. The Kier molecular flexibility index (Phi) is 3.10. The van der Waals surface area contributed by atoms with Crippen molar-refractivity contribution in [3.05, 3.63) is 41.5 Å². The maximum atomic E-state index is 5.50. The van der Waals surface area contributed by atoms with E-state index in [-0.39, 0.29) is 0 Å². The molecule has 1 nitrogen and oxygen atoms in total. The predicted molar refractivity (Wildman–Crippen MR) is 63.7 cm³/mol. The zero-order valence-electron chi connectivity index (χ0n) is 9.38. The summed E-state index contributed by atoms with van der Waals surface area (Å²) < 4.78 is 5.50. The first-order valence-electron chi connectivity index (χ1n) is 5.75. The molecule has 0 heterocycles. The van der Waals surface area contributed by atoms with Crippen molar-refractivity contribution >= 4 is 5.76 Å². The Morgan fingerprint density at radius 2 is 2.13 bits per heavy atom. The van der Waals surface area contributed by atoms with E-state index in [4.69, 9.17) is 4.74 Å². The van der Waals surface area contributed by atoms with E-state index in [2.05, 4.69) is 24.8 Å². The van der Waals surface area contributed by atoms with Gasteiger partial charge >= 0.3 is 0 Å². The number of rotatable bonds is 3. The number of hydrogen-bond acceptors (Lipinski definition) is 1.